The molecule has 0 saturated carbocycles. The Kier molecular flexibility index (Phi) is 2.76. The molecular formula is C14H17N3OS. The standard InChI is InChI=1S/C14H17N3OS/c1-14(7-12(18)17(2)13(15)16-14)10-8-19-11-6-4-3-5-9(10)11/h3-6,8,12,18H,7H2,1-2H3,(H2,15,16)/t12?,14-/m0/s1. The summed E-state index contributed by atoms with van der Waals surface area (Å²) in [4.78, 5) is 6.21. The lowest BCUT2D eigenvalue weighted by Crippen LogP contribution is -2.50. The predicted octanol–water partition coefficient (Wildman–Crippen LogP) is 2.09. The number of nitrogens with two attached hydrogens (primary N) is 1. The number of rotatable bonds is 1. The average molecular weight is 275 g/mol. The summed E-state index contributed by atoms with van der Waals surface area (Å²) in [7, 11) is 1.76. The largest absolute Gasteiger partial charge is 0.373 e. The van der Waals surface area contributed by atoms with Gasteiger partial charge < -0.3 is 15.7 Å². The highest BCUT2D eigenvalue weighted by Gasteiger charge is 2.37. The number of thiophene rings is 1. The number of nitrogens with zero attached hydrogens (tertiary/aromatic N) is 2. The molecule has 1 aromatic heterocycles. The Bertz CT molecular complexity index is 651. The van der Waals surface area contributed by atoms with Gasteiger partial charge in [0.25, 0.3) is 0 Å². The molecule has 3 rings (SSSR count). The Hall–Kier alpha value is -1.59. The summed E-state index contributed by atoms with van der Waals surface area (Å²) in [5.41, 5.74) is 6.59. The van der Waals surface area contributed by atoms with Crippen LogP contribution in [0.25, 0.3) is 10.1 Å². The van der Waals surface area contributed by atoms with Crippen molar-refractivity contribution in [2.45, 2.75) is 25.1 Å². The second-order valence-corrected chi connectivity index (χ2v) is 6.10. The highest BCUT2D eigenvalue weighted by Crippen LogP contribution is 2.40. The van der Waals surface area contributed by atoms with Crippen LogP contribution >= 0.6 is 11.3 Å². The number of aliphatic imine (C=N–C) groups is 1. The summed E-state index contributed by atoms with van der Waals surface area (Å²) < 4.78 is 1.24. The molecule has 2 aromatic rings. The van der Waals surface area contributed by atoms with E-state index in [-0.39, 0.29) is 0 Å². The molecule has 0 fully saturated rings. The maximum absolute atomic E-state index is 10.1. The zero-order valence-electron chi connectivity index (χ0n) is 11.0. The van der Waals surface area contributed by atoms with Crippen molar-refractivity contribution >= 4 is 27.4 Å². The minimum atomic E-state index is -0.596. The van der Waals surface area contributed by atoms with Gasteiger partial charge in [-0.15, -0.1) is 11.3 Å². The molecule has 2 heterocycles. The van der Waals surface area contributed by atoms with E-state index in [1.807, 2.05) is 19.1 Å². The van der Waals surface area contributed by atoms with Crippen molar-refractivity contribution in [3.8, 4) is 0 Å². The predicted molar refractivity (Wildman–Crippen MR) is 79.2 cm³/mol. The molecule has 1 aromatic carbocycles. The van der Waals surface area contributed by atoms with Gasteiger partial charge in [0.05, 0.1) is 5.54 Å². The van der Waals surface area contributed by atoms with Gasteiger partial charge in [0.1, 0.15) is 6.23 Å². The van der Waals surface area contributed by atoms with Gasteiger partial charge in [-0.2, -0.15) is 0 Å². The third-order valence-corrected chi connectivity index (χ3v) is 4.77. The summed E-state index contributed by atoms with van der Waals surface area (Å²) in [6.07, 6.45) is -0.0496. The summed E-state index contributed by atoms with van der Waals surface area (Å²) in [5, 5.41) is 13.4. The van der Waals surface area contributed by atoms with Gasteiger partial charge in [0.2, 0.25) is 0 Å². The minimum Gasteiger partial charge on any atom is -0.373 e. The Morgan fingerprint density at radius 1 is 1.47 bits per heavy atom. The van der Waals surface area contributed by atoms with E-state index < -0.39 is 11.8 Å². The van der Waals surface area contributed by atoms with Crippen LogP contribution in [0.15, 0.2) is 34.6 Å². The van der Waals surface area contributed by atoms with Crippen molar-refractivity contribution in [1.82, 2.24) is 4.90 Å². The molecule has 0 saturated heterocycles. The van der Waals surface area contributed by atoms with E-state index in [1.54, 1.807) is 23.3 Å². The SMILES string of the molecule is CN1C(N)=N[C@](C)(c2csc3ccccc23)CC1O. The third kappa shape index (κ3) is 1.89. The molecular weight excluding hydrogens is 258 g/mol. The number of hydrogen-bond acceptors (Lipinski definition) is 5. The second kappa shape index (κ2) is 4.21. The van der Waals surface area contributed by atoms with Gasteiger partial charge in [-0.25, -0.2) is 4.99 Å². The fourth-order valence-electron chi connectivity index (χ4n) is 2.59. The van der Waals surface area contributed by atoms with Crippen molar-refractivity contribution in [3.05, 3.63) is 35.2 Å². The Balaban J connectivity index is 2.15. The summed E-state index contributed by atoms with van der Waals surface area (Å²) in [6, 6.07) is 8.26. The third-order valence-electron chi connectivity index (χ3n) is 3.81. The number of benzene rings is 1. The van der Waals surface area contributed by atoms with Gasteiger partial charge in [0, 0.05) is 18.2 Å². The molecule has 2 atom stereocenters. The van der Waals surface area contributed by atoms with E-state index in [2.05, 4.69) is 22.5 Å². The molecule has 4 nitrogen and oxygen atoms in total. The van der Waals surface area contributed by atoms with E-state index >= 15 is 0 Å². The number of hydrogen-bond donors (Lipinski definition) is 2. The molecule has 3 N–H and O–H groups in total. The molecule has 5 heteroatoms. The van der Waals surface area contributed by atoms with Crippen molar-refractivity contribution in [3.63, 3.8) is 0 Å². The van der Waals surface area contributed by atoms with Crippen LogP contribution in [0.4, 0.5) is 0 Å². The topological polar surface area (TPSA) is 61.8 Å². The van der Waals surface area contributed by atoms with Crippen LogP contribution in [-0.4, -0.2) is 29.2 Å². The molecule has 1 unspecified atom stereocenters. The molecule has 0 aliphatic carbocycles. The van der Waals surface area contributed by atoms with Gasteiger partial charge in [0.15, 0.2) is 5.96 Å². The first-order valence-corrected chi connectivity index (χ1v) is 7.12. The van der Waals surface area contributed by atoms with Gasteiger partial charge >= 0.3 is 0 Å². The van der Waals surface area contributed by atoms with Gasteiger partial charge in [-0.1, -0.05) is 18.2 Å². The first-order chi connectivity index (χ1) is 9.01. The zero-order valence-corrected chi connectivity index (χ0v) is 11.8. The first-order valence-electron chi connectivity index (χ1n) is 6.24. The van der Waals surface area contributed by atoms with E-state index in [9.17, 15) is 5.11 Å². The van der Waals surface area contributed by atoms with Crippen LogP contribution in [0.3, 0.4) is 0 Å². The van der Waals surface area contributed by atoms with Crippen LogP contribution in [0.2, 0.25) is 0 Å². The smallest absolute Gasteiger partial charge is 0.193 e. The van der Waals surface area contributed by atoms with Crippen LogP contribution < -0.4 is 5.73 Å². The second-order valence-electron chi connectivity index (χ2n) is 5.19. The molecule has 100 valence electrons. The van der Waals surface area contributed by atoms with E-state index in [0.29, 0.717) is 12.4 Å². The zero-order chi connectivity index (χ0) is 13.6. The van der Waals surface area contributed by atoms with Crippen molar-refractivity contribution in [2.24, 2.45) is 10.7 Å². The van der Waals surface area contributed by atoms with Crippen molar-refractivity contribution in [2.75, 3.05) is 7.05 Å². The van der Waals surface area contributed by atoms with Gasteiger partial charge in [-0.3, -0.25) is 0 Å². The molecule has 19 heavy (non-hydrogen) atoms. The molecule has 1 aliphatic rings. The van der Waals surface area contributed by atoms with Crippen molar-refractivity contribution < 1.29 is 5.11 Å². The van der Waals surface area contributed by atoms with Crippen LogP contribution in [0.1, 0.15) is 18.9 Å². The Morgan fingerprint density at radius 3 is 2.95 bits per heavy atom. The lowest BCUT2D eigenvalue weighted by molar-refractivity contribution is 0.0295. The highest BCUT2D eigenvalue weighted by atomic mass is 32.1. The monoisotopic (exact) mass is 275 g/mol. The first kappa shape index (κ1) is 12.4. The fraction of sp³-hybridized carbons (Fsp3) is 0.357. The average Bonchev–Trinajstić information content (AvgIpc) is 2.80. The van der Waals surface area contributed by atoms with Crippen molar-refractivity contribution in [1.29, 1.82) is 0 Å². The summed E-state index contributed by atoms with van der Waals surface area (Å²) in [5.74, 6) is 0.386. The summed E-state index contributed by atoms with van der Waals surface area (Å²) in [6.45, 7) is 2.03. The minimum absolute atomic E-state index is 0.386. The molecule has 0 amide bonds. The van der Waals surface area contributed by atoms with E-state index in [1.165, 1.54) is 10.1 Å². The maximum atomic E-state index is 10.1. The Labute approximate surface area is 116 Å². The fourth-order valence-corrected chi connectivity index (χ4v) is 3.68. The lowest BCUT2D eigenvalue weighted by atomic mass is 9.87. The van der Waals surface area contributed by atoms with E-state index in [0.717, 1.165) is 5.56 Å². The number of aliphatic hydroxyl groups excluding tert-OH is 1. The summed E-state index contributed by atoms with van der Waals surface area (Å²) >= 11 is 1.70. The van der Waals surface area contributed by atoms with Crippen LogP contribution in [0, 0.1) is 0 Å². The molecule has 1 aliphatic heterocycles. The highest BCUT2D eigenvalue weighted by molar-refractivity contribution is 7.17. The number of aliphatic hydroxyl groups is 1. The molecule has 0 bridgehead atoms. The normalized spacial score (nSPS) is 27.6. The van der Waals surface area contributed by atoms with Crippen LogP contribution in [-0.2, 0) is 5.54 Å². The van der Waals surface area contributed by atoms with E-state index in [4.69, 9.17) is 5.73 Å². The van der Waals surface area contributed by atoms with Crippen LogP contribution in [0.5, 0.6) is 0 Å². The molecule has 0 spiro atoms. The lowest BCUT2D eigenvalue weighted by Gasteiger charge is -2.38. The van der Waals surface area contributed by atoms with Gasteiger partial charge in [-0.05, 0) is 29.3 Å². The Morgan fingerprint density at radius 2 is 2.21 bits per heavy atom. The number of fused-ring (bicyclic) bond motifs is 1. The quantitative estimate of drug-likeness (QED) is 0.837. The molecule has 0 radical (unpaired) electrons. The maximum Gasteiger partial charge on any atom is 0.193 e. The number of guanidine groups is 1.